The molecule has 0 atom stereocenters. The lowest BCUT2D eigenvalue weighted by Crippen LogP contribution is -2.49. The minimum absolute atomic E-state index is 0.00935. The number of carbonyl (C=O) groups excluding carboxylic acids is 1. The van der Waals surface area contributed by atoms with Crippen LogP contribution in [0.2, 0.25) is 0 Å². The standard InChI is InChI=1S/C12H13BrFNO/c1-8-6-15(7-8)12(16)5-9-4-10(13)2-3-11(9)14/h2-4,8H,5-7H2,1H3. The summed E-state index contributed by atoms with van der Waals surface area (Å²) in [5, 5.41) is 0. The highest BCUT2D eigenvalue weighted by Crippen LogP contribution is 2.19. The van der Waals surface area contributed by atoms with Crippen LogP contribution in [0.4, 0.5) is 4.39 Å². The summed E-state index contributed by atoms with van der Waals surface area (Å²) < 4.78 is 14.2. The van der Waals surface area contributed by atoms with Gasteiger partial charge in [-0.3, -0.25) is 4.79 Å². The molecule has 1 amide bonds. The Morgan fingerprint density at radius 3 is 2.88 bits per heavy atom. The quantitative estimate of drug-likeness (QED) is 0.818. The Morgan fingerprint density at radius 1 is 1.56 bits per heavy atom. The largest absolute Gasteiger partial charge is 0.342 e. The molecule has 86 valence electrons. The Kier molecular flexibility index (Phi) is 3.28. The zero-order chi connectivity index (χ0) is 11.7. The van der Waals surface area contributed by atoms with E-state index in [1.165, 1.54) is 6.07 Å². The monoisotopic (exact) mass is 285 g/mol. The van der Waals surface area contributed by atoms with E-state index in [9.17, 15) is 9.18 Å². The predicted molar refractivity (Wildman–Crippen MR) is 63.5 cm³/mol. The summed E-state index contributed by atoms with van der Waals surface area (Å²) in [6.45, 7) is 3.70. The number of benzene rings is 1. The molecule has 1 aromatic carbocycles. The van der Waals surface area contributed by atoms with Crippen molar-refractivity contribution >= 4 is 21.8 Å². The highest BCUT2D eigenvalue weighted by Gasteiger charge is 2.27. The fourth-order valence-electron chi connectivity index (χ4n) is 1.86. The molecule has 0 bridgehead atoms. The molecule has 1 aliphatic rings. The second kappa shape index (κ2) is 4.53. The number of hydrogen-bond acceptors (Lipinski definition) is 1. The number of nitrogens with zero attached hydrogens (tertiary/aromatic N) is 1. The topological polar surface area (TPSA) is 20.3 Å². The molecule has 1 aliphatic heterocycles. The Hall–Kier alpha value is -0.900. The van der Waals surface area contributed by atoms with Crippen molar-refractivity contribution in [3.63, 3.8) is 0 Å². The van der Waals surface area contributed by atoms with E-state index in [0.717, 1.165) is 17.6 Å². The molecule has 0 saturated carbocycles. The van der Waals surface area contributed by atoms with Crippen molar-refractivity contribution in [2.75, 3.05) is 13.1 Å². The minimum Gasteiger partial charge on any atom is -0.342 e. The molecule has 0 N–H and O–H groups in total. The van der Waals surface area contributed by atoms with Crippen LogP contribution in [-0.4, -0.2) is 23.9 Å². The number of hydrogen-bond donors (Lipinski definition) is 0. The molecule has 4 heteroatoms. The van der Waals surface area contributed by atoms with Crippen molar-refractivity contribution in [1.29, 1.82) is 0 Å². The van der Waals surface area contributed by atoms with E-state index in [-0.39, 0.29) is 18.1 Å². The molecule has 2 rings (SSSR count). The van der Waals surface area contributed by atoms with Crippen molar-refractivity contribution in [2.45, 2.75) is 13.3 Å². The van der Waals surface area contributed by atoms with Crippen molar-refractivity contribution in [2.24, 2.45) is 5.92 Å². The van der Waals surface area contributed by atoms with E-state index >= 15 is 0 Å². The minimum atomic E-state index is -0.315. The molecule has 1 aromatic rings. The maximum absolute atomic E-state index is 13.4. The summed E-state index contributed by atoms with van der Waals surface area (Å²) in [5.41, 5.74) is 0.457. The molecule has 0 radical (unpaired) electrons. The molecule has 1 fully saturated rings. The predicted octanol–water partition coefficient (Wildman–Crippen LogP) is 2.61. The van der Waals surface area contributed by atoms with E-state index in [1.807, 2.05) is 0 Å². The molecule has 1 saturated heterocycles. The van der Waals surface area contributed by atoms with Crippen molar-refractivity contribution in [1.82, 2.24) is 4.90 Å². The Balaban J connectivity index is 2.03. The first-order chi connectivity index (χ1) is 7.56. The van der Waals surface area contributed by atoms with Gasteiger partial charge in [-0.25, -0.2) is 4.39 Å². The molecule has 0 spiro atoms. The van der Waals surface area contributed by atoms with Gasteiger partial charge in [0.15, 0.2) is 0 Å². The summed E-state index contributed by atoms with van der Waals surface area (Å²) in [4.78, 5) is 13.5. The first-order valence-corrected chi connectivity index (χ1v) is 6.07. The van der Waals surface area contributed by atoms with Crippen LogP contribution in [0.1, 0.15) is 12.5 Å². The van der Waals surface area contributed by atoms with Crippen molar-refractivity contribution in [3.8, 4) is 0 Å². The molecular weight excluding hydrogens is 273 g/mol. The Morgan fingerprint density at radius 2 is 2.25 bits per heavy atom. The lowest BCUT2D eigenvalue weighted by molar-refractivity contribution is -0.136. The fraction of sp³-hybridized carbons (Fsp3) is 0.417. The second-order valence-electron chi connectivity index (χ2n) is 4.32. The maximum atomic E-state index is 13.4. The third-order valence-electron chi connectivity index (χ3n) is 2.77. The van der Waals surface area contributed by atoms with Crippen LogP contribution >= 0.6 is 15.9 Å². The van der Waals surface area contributed by atoms with Gasteiger partial charge in [-0.1, -0.05) is 22.9 Å². The van der Waals surface area contributed by atoms with Crippen LogP contribution in [0.25, 0.3) is 0 Å². The van der Waals surface area contributed by atoms with Crippen LogP contribution in [0.5, 0.6) is 0 Å². The van der Waals surface area contributed by atoms with E-state index < -0.39 is 0 Å². The molecule has 2 nitrogen and oxygen atoms in total. The fourth-order valence-corrected chi connectivity index (χ4v) is 2.26. The van der Waals surface area contributed by atoms with Gasteiger partial charge in [0.25, 0.3) is 0 Å². The summed E-state index contributed by atoms with van der Waals surface area (Å²) >= 11 is 3.27. The van der Waals surface area contributed by atoms with Crippen molar-refractivity contribution < 1.29 is 9.18 Å². The average molecular weight is 286 g/mol. The van der Waals surface area contributed by atoms with E-state index in [2.05, 4.69) is 22.9 Å². The van der Waals surface area contributed by atoms with E-state index in [1.54, 1.807) is 17.0 Å². The third-order valence-corrected chi connectivity index (χ3v) is 3.26. The molecule has 16 heavy (non-hydrogen) atoms. The van der Waals surface area contributed by atoms with Gasteiger partial charge in [0, 0.05) is 17.6 Å². The van der Waals surface area contributed by atoms with Crippen LogP contribution < -0.4 is 0 Å². The smallest absolute Gasteiger partial charge is 0.227 e. The summed E-state index contributed by atoms with van der Waals surface area (Å²) in [7, 11) is 0. The molecule has 0 aromatic heterocycles. The molecular formula is C12H13BrFNO. The zero-order valence-corrected chi connectivity index (χ0v) is 10.6. The highest BCUT2D eigenvalue weighted by molar-refractivity contribution is 9.10. The summed E-state index contributed by atoms with van der Waals surface area (Å²) in [5.74, 6) is 0.275. The SMILES string of the molecule is CC1CN(C(=O)Cc2cc(Br)ccc2F)C1. The number of halogens is 2. The van der Waals surface area contributed by atoms with Crippen LogP contribution in [-0.2, 0) is 11.2 Å². The number of rotatable bonds is 2. The van der Waals surface area contributed by atoms with Gasteiger partial charge >= 0.3 is 0 Å². The first kappa shape index (κ1) is 11.6. The third kappa shape index (κ3) is 2.43. The van der Waals surface area contributed by atoms with Gasteiger partial charge in [0.1, 0.15) is 5.82 Å². The van der Waals surface area contributed by atoms with E-state index in [4.69, 9.17) is 0 Å². The lowest BCUT2D eigenvalue weighted by Gasteiger charge is -2.37. The summed E-state index contributed by atoms with van der Waals surface area (Å²) in [6.07, 6.45) is 0.151. The van der Waals surface area contributed by atoms with Gasteiger partial charge in [-0.15, -0.1) is 0 Å². The Labute approximate surface area is 103 Å². The van der Waals surface area contributed by atoms with Gasteiger partial charge in [-0.2, -0.15) is 0 Å². The van der Waals surface area contributed by atoms with Crippen LogP contribution in [0, 0.1) is 11.7 Å². The average Bonchev–Trinajstić information content (AvgIpc) is 2.19. The Bertz CT molecular complexity index is 415. The van der Waals surface area contributed by atoms with Crippen molar-refractivity contribution in [3.05, 3.63) is 34.1 Å². The number of likely N-dealkylation sites (tertiary alicyclic amines) is 1. The first-order valence-electron chi connectivity index (χ1n) is 5.28. The molecule has 0 aliphatic carbocycles. The number of carbonyl (C=O) groups is 1. The summed E-state index contributed by atoms with van der Waals surface area (Å²) in [6, 6.07) is 4.68. The number of amides is 1. The maximum Gasteiger partial charge on any atom is 0.227 e. The molecule has 1 heterocycles. The van der Waals surface area contributed by atoms with Crippen LogP contribution in [0.15, 0.2) is 22.7 Å². The highest BCUT2D eigenvalue weighted by atomic mass is 79.9. The van der Waals surface area contributed by atoms with Crippen LogP contribution in [0.3, 0.4) is 0 Å². The molecule has 0 unspecified atom stereocenters. The second-order valence-corrected chi connectivity index (χ2v) is 5.23. The van der Waals surface area contributed by atoms with E-state index in [0.29, 0.717) is 11.5 Å². The van der Waals surface area contributed by atoms with Gasteiger partial charge in [-0.05, 0) is 29.7 Å². The lowest BCUT2D eigenvalue weighted by atomic mass is 10.0. The zero-order valence-electron chi connectivity index (χ0n) is 9.04. The van der Waals surface area contributed by atoms with Gasteiger partial charge < -0.3 is 4.90 Å². The van der Waals surface area contributed by atoms with Gasteiger partial charge in [0.05, 0.1) is 6.42 Å². The normalized spacial score (nSPS) is 16.1. The van der Waals surface area contributed by atoms with Gasteiger partial charge in [0.2, 0.25) is 5.91 Å².